The molecule has 3 nitrogen and oxygen atoms in total. The van der Waals surface area contributed by atoms with Crippen LogP contribution in [0.15, 0.2) is 33.9 Å². The summed E-state index contributed by atoms with van der Waals surface area (Å²) in [6.45, 7) is 8.31. The number of hydrogen-bond acceptors (Lipinski definition) is 4. The van der Waals surface area contributed by atoms with Gasteiger partial charge in [0.15, 0.2) is 0 Å². The van der Waals surface area contributed by atoms with Crippen molar-refractivity contribution in [2.45, 2.75) is 50.6 Å². The van der Waals surface area contributed by atoms with Gasteiger partial charge in [0.1, 0.15) is 5.76 Å². The molecule has 2 aromatic rings. The highest BCUT2D eigenvalue weighted by Gasteiger charge is 2.21. The number of nitrogens with one attached hydrogen (secondary N) is 1. The van der Waals surface area contributed by atoms with Crippen LogP contribution >= 0.6 is 11.8 Å². The molecule has 0 bridgehead atoms. The van der Waals surface area contributed by atoms with Crippen LogP contribution in [-0.4, -0.2) is 17.3 Å². The largest absolute Gasteiger partial charge is 0.437 e. The van der Waals surface area contributed by atoms with Crippen LogP contribution in [0.5, 0.6) is 0 Å². The van der Waals surface area contributed by atoms with Crippen LogP contribution in [0.25, 0.3) is 0 Å². The normalized spacial score (nSPS) is 14.1. The van der Waals surface area contributed by atoms with Crippen molar-refractivity contribution in [1.29, 1.82) is 0 Å². The molecule has 2 rings (SSSR count). The van der Waals surface area contributed by atoms with E-state index in [-0.39, 0.29) is 6.04 Å². The summed E-state index contributed by atoms with van der Waals surface area (Å²) in [4.78, 5) is 4.46. The first-order chi connectivity index (χ1) is 10.0. The fourth-order valence-electron chi connectivity index (χ4n) is 2.35. The highest BCUT2D eigenvalue weighted by molar-refractivity contribution is 7.99. The maximum atomic E-state index is 5.68. The van der Waals surface area contributed by atoms with E-state index in [4.69, 9.17) is 4.42 Å². The van der Waals surface area contributed by atoms with E-state index in [0.29, 0.717) is 5.25 Å². The van der Waals surface area contributed by atoms with E-state index < -0.39 is 0 Å². The highest BCUT2D eigenvalue weighted by Crippen LogP contribution is 2.32. The predicted molar refractivity (Wildman–Crippen MR) is 88.9 cm³/mol. The molecule has 0 saturated carbocycles. The summed E-state index contributed by atoms with van der Waals surface area (Å²) in [6, 6.07) is 9.10. The minimum atomic E-state index is 0.272. The smallest absolute Gasteiger partial charge is 0.256 e. The van der Waals surface area contributed by atoms with Gasteiger partial charge in [-0.15, -0.1) is 0 Å². The van der Waals surface area contributed by atoms with E-state index >= 15 is 0 Å². The lowest BCUT2D eigenvalue weighted by molar-refractivity contribution is 0.428. The molecule has 0 spiro atoms. The van der Waals surface area contributed by atoms with Gasteiger partial charge in [-0.05, 0) is 38.4 Å². The van der Waals surface area contributed by atoms with Crippen LogP contribution < -0.4 is 5.32 Å². The zero-order chi connectivity index (χ0) is 15.4. The molecule has 0 aliphatic heterocycles. The van der Waals surface area contributed by atoms with E-state index in [1.54, 1.807) is 11.8 Å². The van der Waals surface area contributed by atoms with Gasteiger partial charge in [0.2, 0.25) is 0 Å². The van der Waals surface area contributed by atoms with Crippen molar-refractivity contribution in [2.75, 3.05) is 7.05 Å². The summed E-state index contributed by atoms with van der Waals surface area (Å²) in [6.07, 6.45) is 1.07. The molecular weight excluding hydrogens is 280 g/mol. The zero-order valence-electron chi connectivity index (χ0n) is 13.4. The Hall–Kier alpha value is -1.26. The summed E-state index contributed by atoms with van der Waals surface area (Å²) < 4.78 is 5.68. The van der Waals surface area contributed by atoms with Crippen LogP contribution in [0.1, 0.15) is 42.5 Å². The van der Waals surface area contributed by atoms with Crippen molar-refractivity contribution in [3.8, 4) is 0 Å². The summed E-state index contributed by atoms with van der Waals surface area (Å²) in [5, 5.41) is 4.49. The van der Waals surface area contributed by atoms with E-state index in [1.165, 1.54) is 11.1 Å². The first-order valence-corrected chi connectivity index (χ1v) is 8.30. The molecule has 0 aliphatic carbocycles. The first kappa shape index (κ1) is 16.1. The average molecular weight is 304 g/mol. The Bertz CT molecular complexity index is 557. The maximum Gasteiger partial charge on any atom is 0.256 e. The van der Waals surface area contributed by atoms with E-state index in [1.807, 2.05) is 20.9 Å². The molecule has 1 N–H and O–H groups in total. The molecule has 0 radical (unpaired) electrons. The van der Waals surface area contributed by atoms with E-state index in [2.05, 4.69) is 48.4 Å². The third-order valence-corrected chi connectivity index (χ3v) is 4.84. The standard InChI is InChI=1S/C17H24N2OS/c1-6-14-7-9-15(10-8-14)16(18-5)13(4)21-17-19-11(2)12(3)20-17/h7-10,13,16,18H,6H2,1-5H3. The Morgan fingerprint density at radius 2 is 1.90 bits per heavy atom. The molecule has 4 heteroatoms. The number of thioether (sulfide) groups is 1. The number of nitrogens with zero attached hydrogens (tertiary/aromatic N) is 1. The molecule has 1 aromatic heterocycles. The Kier molecular flexibility index (Phi) is 5.48. The Labute approximate surface area is 131 Å². The number of rotatable bonds is 6. The lowest BCUT2D eigenvalue weighted by atomic mass is 10.0. The van der Waals surface area contributed by atoms with Crippen LogP contribution in [-0.2, 0) is 6.42 Å². The average Bonchev–Trinajstić information content (AvgIpc) is 2.78. The van der Waals surface area contributed by atoms with Gasteiger partial charge in [-0.25, -0.2) is 4.98 Å². The fraction of sp³-hybridized carbons (Fsp3) is 0.471. The minimum absolute atomic E-state index is 0.272. The number of aryl methyl sites for hydroxylation is 3. The van der Waals surface area contributed by atoms with Crippen molar-refractivity contribution >= 4 is 11.8 Å². The molecule has 114 valence electrons. The van der Waals surface area contributed by atoms with Gasteiger partial charge in [0.25, 0.3) is 5.22 Å². The second-order valence-electron chi connectivity index (χ2n) is 5.31. The van der Waals surface area contributed by atoms with Crippen molar-refractivity contribution in [1.82, 2.24) is 10.3 Å². The second-order valence-corrected chi connectivity index (χ2v) is 6.63. The quantitative estimate of drug-likeness (QED) is 0.808. The SMILES string of the molecule is CCc1ccc(C(NC)C(C)Sc2nc(C)c(C)o2)cc1. The number of hydrogen-bond donors (Lipinski definition) is 1. The van der Waals surface area contributed by atoms with Crippen molar-refractivity contribution < 1.29 is 4.42 Å². The molecule has 0 aliphatic rings. The van der Waals surface area contributed by atoms with E-state index in [9.17, 15) is 0 Å². The minimum Gasteiger partial charge on any atom is -0.437 e. The van der Waals surface area contributed by atoms with Crippen molar-refractivity contribution in [2.24, 2.45) is 0 Å². The third-order valence-electron chi connectivity index (χ3n) is 3.82. The zero-order valence-corrected chi connectivity index (χ0v) is 14.3. The van der Waals surface area contributed by atoms with Gasteiger partial charge in [0.05, 0.1) is 5.69 Å². The molecule has 1 heterocycles. The third kappa shape index (κ3) is 3.89. The summed E-state index contributed by atoms with van der Waals surface area (Å²) in [5.74, 6) is 0.901. The number of aromatic nitrogens is 1. The van der Waals surface area contributed by atoms with Crippen LogP contribution in [0.4, 0.5) is 0 Å². The van der Waals surface area contributed by atoms with Crippen LogP contribution in [0.2, 0.25) is 0 Å². The highest BCUT2D eigenvalue weighted by atomic mass is 32.2. The molecular formula is C17H24N2OS. The second kappa shape index (κ2) is 7.14. The van der Waals surface area contributed by atoms with Gasteiger partial charge in [-0.2, -0.15) is 0 Å². The fourth-order valence-corrected chi connectivity index (χ4v) is 3.46. The van der Waals surface area contributed by atoms with Gasteiger partial charge in [-0.1, -0.05) is 49.9 Å². The molecule has 2 atom stereocenters. The topological polar surface area (TPSA) is 38.1 Å². The van der Waals surface area contributed by atoms with Gasteiger partial charge in [-0.3, -0.25) is 0 Å². The van der Waals surface area contributed by atoms with Crippen LogP contribution in [0, 0.1) is 13.8 Å². The number of oxazole rings is 1. The summed E-state index contributed by atoms with van der Waals surface area (Å²) >= 11 is 1.68. The molecule has 0 saturated heterocycles. The lowest BCUT2D eigenvalue weighted by Crippen LogP contribution is -2.25. The molecule has 21 heavy (non-hydrogen) atoms. The lowest BCUT2D eigenvalue weighted by Gasteiger charge is -2.22. The first-order valence-electron chi connectivity index (χ1n) is 7.42. The Morgan fingerprint density at radius 3 is 2.38 bits per heavy atom. The summed E-state index contributed by atoms with van der Waals surface area (Å²) in [7, 11) is 2.00. The molecule has 2 unspecified atom stereocenters. The van der Waals surface area contributed by atoms with Gasteiger partial charge < -0.3 is 9.73 Å². The Balaban J connectivity index is 2.11. The van der Waals surface area contributed by atoms with Crippen molar-refractivity contribution in [3.05, 3.63) is 46.8 Å². The Morgan fingerprint density at radius 1 is 1.24 bits per heavy atom. The van der Waals surface area contributed by atoms with Crippen molar-refractivity contribution in [3.63, 3.8) is 0 Å². The van der Waals surface area contributed by atoms with E-state index in [0.717, 1.165) is 23.1 Å². The monoisotopic (exact) mass is 304 g/mol. The molecule has 1 aromatic carbocycles. The van der Waals surface area contributed by atoms with Gasteiger partial charge in [0, 0.05) is 11.3 Å². The summed E-state index contributed by atoms with van der Waals surface area (Å²) in [5.41, 5.74) is 3.64. The molecule has 0 amide bonds. The maximum absolute atomic E-state index is 5.68. The number of benzene rings is 1. The predicted octanol–water partition coefficient (Wildman–Crippen LogP) is 4.30. The molecule has 0 fully saturated rings. The van der Waals surface area contributed by atoms with Gasteiger partial charge >= 0.3 is 0 Å². The van der Waals surface area contributed by atoms with Crippen LogP contribution in [0.3, 0.4) is 0 Å².